The number of rotatable bonds is 5. The monoisotopic (exact) mass is 316 g/mol. The molecule has 2 amide bonds. The van der Waals surface area contributed by atoms with Crippen molar-refractivity contribution in [1.29, 1.82) is 0 Å². The summed E-state index contributed by atoms with van der Waals surface area (Å²) in [6.45, 7) is 2.55. The van der Waals surface area contributed by atoms with Gasteiger partial charge in [0.05, 0.1) is 12.2 Å². The van der Waals surface area contributed by atoms with Crippen molar-refractivity contribution in [2.45, 2.75) is 45.6 Å². The van der Waals surface area contributed by atoms with E-state index in [9.17, 15) is 9.59 Å². The number of amides is 2. The third-order valence-corrected chi connectivity index (χ3v) is 3.82. The Bertz CT molecular complexity index is 556. The van der Waals surface area contributed by atoms with E-state index in [0.29, 0.717) is 18.7 Å². The maximum absolute atomic E-state index is 11.8. The highest BCUT2D eigenvalue weighted by Crippen LogP contribution is 2.21. The Morgan fingerprint density at radius 3 is 2.48 bits per heavy atom. The van der Waals surface area contributed by atoms with Gasteiger partial charge in [0, 0.05) is 12.7 Å². The van der Waals surface area contributed by atoms with E-state index in [1.165, 1.54) is 24.8 Å². The Labute approximate surface area is 137 Å². The van der Waals surface area contributed by atoms with Crippen LogP contribution in [0.25, 0.3) is 0 Å². The van der Waals surface area contributed by atoms with Gasteiger partial charge in [0.15, 0.2) is 0 Å². The van der Waals surface area contributed by atoms with Gasteiger partial charge in [-0.3, -0.25) is 0 Å². The molecule has 0 heterocycles. The van der Waals surface area contributed by atoms with E-state index in [2.05, 4.69) is 10.6 Å². The molecule has 0 aromatic heterocycles. The van der Waals surface area contributed by atoms with Crippen LogP contribution < -0.4 is 10.6 Å². The van der Waals surface area contributed by atoms with Crippen molar-refractivity contribution >= 4 is 12.0 Å². The van der Waals surface area contributed by atoms with Crippen molar-refractivity contribution in [2.75, 3.05) is 6.61 Å². The van der Waals surface area contributed by atoms with Gasteiger partial charge < -0.3 is 15.4 Å². The number of nitrogens with one attached hydrogen (secondary N) is 2. The molecular weight excluding hydrogens is 292 g/mol. The second-order valence-corrected chi connectivity index (χ2v) is 5.61. The smallest absolute Gasteiger partial charge is 0.338 e. The molecule has 1 fully saturated rings. The van der Waals surface area contributed by atoms with Crippen LogP contribution in [0.1, 0.15) is 54.9 Å². The minimum absolute atomic E-state index is 0.211. The molecule has 0 radical (unpaired) electrons. The quantitative estimate of drug-likeness (QED) is 0.817. The van der Waals surface area contributed by atoms with Gasteiger partial charge in [-0.25, -0.2) is 9.59 Å². The van der Waals surface area contributed by atoms with Crippen LogP contribution in [0.4, 0.5) is 4.79 Å². The summed E-state index contributed by atoms with van der Waals surface area (Å²) in [6, 6.07) is 6.82. The maximum Gasteiger partial charge on any atom is 0.338 e. The molecule has 1 aromatic rings. The summed E-state index contributed by atoms with van der Waals surface area (Å²) in [4.78, 5) is 23.3. The van der Waals surface area contributed by atoms with Crippen molar-refractivity contribution < 1.29 is 14.3 Å². The molecule has 5 nitrogen and oxygen atoms in total. The van der Waals surface area contributed by atoms with Gasteiger partial charge in [0.2, 0.25) is 0 Å². The molecule has 1 aromatic carbocycles. The average Bonchev–Trinajstić information content (AvgIpc) is 2.59. The van der Waals surface area contributed by atoms with E-state index in [4.69, 9.17) is 4.74 Å². The number of hydrogen-bond donors (Lipinski definition) is 2. The summed E-state index contributed by atoms with van der Waals surface area (Å²) in [5, 5.41) is 5.58. The summed E-state index contributed by atoms with van der Waals surface area (Å²) in [6.07, 6.45) is 7.69. The fraction of sp³-hybridized carbons (Fsp3) is 0.444. The molecule has 1 aliphatic rings. The van der Waals surface area contributed by atoms with E-state index in [1.807, 2.05) is 18.3 Å². The highest BCUT2D eigenvalue weighted by Gasteiger charge is 2.07. The first kappa shape index (κ1) is 17.1. The van der Waals surface area contributed by atoms with Crippen LogP contribution in [0.2, 0.25) is 0 Å². The first-order chi connectivity index (χ1) is 11.2. The Balaban J connectivity index is 1.76. The Morgan fingerprint density at radius 1 is 1.13 bits per heavy atom. The lowest BCUT2D eigenvalue weighted by Gasteiger charge is -2.13. The minimum atomic E-state index is -0.330. The largest absolute Gasteiger partial charge is 0.462 e. The lowest BCUT2D eigenvalue weighted by atomic mass is 9.96. The second-order valence-electron chi connectivity index (χ2n) is 5.61. The van der Waals surface area contributed by atoms with Crippen molar-refractivity contribution in [3.63, 3.8) is 0 Å². The third-order valence-electron chi connectivity index (χ3n) is 3.82. The second kappa shape index (κ2) is 8.98. The van der Waals surface area contributed by atoms with E-state index in [-0.39, 0.29) is 12.0 Å². The zero-order chi connectivity index (χ0) is 16.5. The van der Waals surface area contributed by atoms with Crippen LogP contribution >= 0.6 is 0 Å². The number of hydrogen-bond acceptors (Lipinski definition) is 3. The van der Waals surface area contributed by atoms with Gasteiger partial charge in [-0.1, -0.05) is 24.1 Å². The summed E-state index contributed by atoms with van der Waals surface area (Å²) in [5.74, 6) is -0.330. The van der Waals surface area contributed by atoms with Crippen molar-refractivity contribution in [2.24, 2.45) is 0 Å². The van der Waals surface area contributed by atoms with Gasteiger partial charge in [0.25, 0.3) is 0 Å². The summed E-state index contributed by atoms with van der Waals surface area (Å²) >= 11 is 0. The van der Waals surface area contributed by atoms with Crippen molar-refractivity contribution in [1.82, 2.24) is 10.6 Å². The number of esters is 1. The third kappa shape index (κ3) is 5.77. The van der Waals surface area contributed by atoms with E-state index < -0.39 is 0 Å². The highest BCUT2D eigenvalue weighted by molar-refractivity contribution is 5.89. The average molecular weight is 316 g/mol. The molecular formula is C18H24N2O3. The highest BCUT2D eigenvalue weighted by atomic mass is 16.5. The molecule has 124 valence electrons. The molecule has 5 heteroatoms. The number of carbonyl (C=O) groups is 2. The van der Waals surface area contributed by atoms with Gasteiger partial charge >= 0.3 is 12.0 Å². The zero-order valence-electron chi connectivity index (χ0n) is 13.6. The molecule has 0 atom stereocenters. The Hall–Kier alpha value is -2.30. The summed E-state index contributed by atoms with van der Waals surface area (Å²) < 4.78 is 4.93. The first-order valence-electron chi connectivity index (χ1n) is 8.17. The number of benzene rings is 1. The number of carbonyl (C=O) groups excluding carboxylic acids is 2. The van der Waals surface area contributed by atoms with Gasteiger partial charge in [-0.15, -0.1) is 0 Å². The fourth-order valence-electron chi connectivity index (χ4n) is 2.52. The van der Waals surface area contributed by atoms with Crippen LogP contribution in [0.3, 0.4) is 0 Å². The predicted molar refractivity (Wildman–Crippen MR) is 88.9 cm³/mol. The lowest BCUT2D eigenvalue weighted by molar-refractivity contribution is 0.0526. The summed E-state index contributed by atoms with van der Waals surface area (Å²) in [7, 11) is 0. The van der Waals surface area contributed by atoms with Crippen molar-refractivity contribution in [3.8, 4) is 0 Å². The van der Waals surface area contributed by atoms with Gasteiger partial charge in [0.1, 0.15) is 0 Å². The van der Waals surface area contributed by atoms with Crippen molar-refractivity contribution in [3.05, 3.63) is 47.2 Å². The maximum atomic E-state index is 11.8. The number of ether oxygens (including phenoxy) is 1. The first-order valence-corrected chi connectivity index (χ1v) is 8.17. The summed E-state index contributed by atoms with van der Waals surface area (Å²) in [5.41, 5.74) is 2.76. The van der Waals surface area contributed by atoms with E-state index in [0.717, 1.165) is 18.4 Å². The molecule has 0 saturated heterocycles. The predicted octanol–water partition coefficient (Wildman–Crippen LogP) is 3.51. The van der Waals surface area contributed by atoms with Crippen LogP contribution in [0.5, 0.6) is 0 Å². The van der Waals surface area contributed by atoms with E-state index >= 15 is 0 Å². The van der Waals surface area contributed by atoms with Gasteiger partial charge in [-0.05, 0) is 50.3 Å². The van der Waals surface area contributed by atoms with Crippen LogP contribution in [0, 0.1) is 0 Å². The molecule has 0 bridgehead atoms. The molecule has 0 aliphatic heterocycles. The SMILES string of the molecule is CCOC(=O)c1ccc(CNC(=O)NC=C2CCCCC2)cc1. The van der Waals surface area contributed by atoms with Crippen LogP contribution in [0.15, 0.2) is 36.0 Å². The molecule has 23 heavy (non-hydrogen) atoms. The molecule has 1 saturated carbocycles. The fourth-order valence-corrected chi connectivity index (χ4v) is 2.52. The van der Waals surface area contributed by atoms with E-state index in [1.54, 1.807) is 19.1 Å². The Kier molecular flexibility index (Phi) is 6.66. The molecule has 2 rings (SSSR count). The zero-order valence-corrected chi connectivity index (χ0v) is 13.6. The standard InChI is InChI=1S/C18H24N2O3/c1-2-23-17(21)16-10-8-15(9-11-16)13-20-18(22)19-12-14-6-4-3-5-7-14/h8-12H,2-7,13H2,1H3,(H2,19,20,22). The van der Waals surface area contributed by atoms with Crippen LogP contribution in [-0.2, 0) is 11.3 Å². The normalized spacial score (nSPS) is 14.0. The van der Waals surface area contributed by atoms with Crippen LogP contribution in [-0.4, -0.2) is 18.6 Å². The molecule has 1 aliphatic carbocycles. The molecule has 2 N–H and O–H groups in total. The Morgan fingerprint density at radius 2 is 1.83 bits per heavy atom. The number of allylic oxidation sites excluding steroid dienone is 1. The van der Waals surface area contributed by atoms with Gasteiger partial charge in [-0.2, -0.15) is 0 Å². The lowest BCUT2D eigenvalue weighted by Crippen LogP contribution is -2.32. The number of urea groups is 1. The minimum Gasteiger partial charge on any atom is -0.462 e. The topological polar surface area (TPSA) is 67.4 Å². The molecule has 0 spiro atoms. The molecule has 0 unspecified atom stereocenters.